The van der Waals surface area contributed by atoms with Crippen molar-refractivity contribution in [2.45, 2.75) is 26.8 Å². The number of aryl methyl sites for hydroxylation is 1. The van der Waals surface area contributed by atoms with E-state index in [-0.39, 0.29) is 16.9 Å². The number of nitrogen functional groups attached to an aromatic ring is 1. The molecule has 9 nitrogen and oxygen atoms in total. The molecule has 4 rings (SSSR count). The molecule has 33 heavy (non-hydrogen) atoms. The largest absolute Gasteiger partial charge is 0.381 e. The molecule has 176 valence electrons. The number of benzene rings is 1. The Morgan fingerprint density at radius 3 is 2.85 bits per heavy atom. The summed E-state index contributed by atoms with van der Waals surface area (Å²) >= 11 is 7.84. The van der Waals surface area contributed by atoms with Crippen molar-refractivity contribution in [3.05, 3.63) is 57.0 Å². The summed E-state index contributed by atoms with van der Waals surface area (Å²) in [5.41, 5.74) is 12.0. The molecule has 3 aromatic rings. The molecule has 0 fully saturated rings. The van der Waals surface area contributed by atoms with Crippen molar-refractivity contribution in [2.75, 3.05) is 29.9 Å². The number of nitrogens with one attached hydrogen (secondary N) is 2. The summed E-state index contributed by atoms with van der Waals surface area (Å²) in [6.45, 7) is 6.23. The predicted octanol–water partition coefficient (Wildman–Crippen LogP) is 2.94. The fourth-order valence-electron chi connectivity index (χ4n) is 3.56. The molecule has 0 spiro atoms. The number of halogens is 1. The molecule has 1 aliphatic heterocycles. The van der Waals surface area contributed by atoms with E-state index in [1.165, 1.54) is 4.68 Å². The normalized spacial score (nSPS) is 12.1. The third kappa shape index (κ3) is 5.52. The Balaban J connectivity index is 0.000000203. The maximum Gasteiger partial charge on any atom is 0.260 e. The zero-order valence-corrected chi connectivity index (χ0v) is 20.2. The van der Waals surface area contributed by atoms with Crippen LogP contribution < -0.4 is 27.1 Å². The highest BCUT2D eigenvalue weighted by molar-refractivity contribution is 7.97. The highest BCUT2D eigenvalue weighted by Gasteiger charge is 2.20. The lowest BCUT2D eigenvalue weighted by molar-refractivity contribution is 0.100. The Morgan fingerprint density at radius 1 is 1.36 bits per heavy atom. The van der Waals surface area contributed by atoms with Crippen LogP contribution in [-0.4, -0.2) is 39.1 Å². The van der Waals surface area contributed by atoms with E-state index in [0.717, 1.165) is 29.8 Å². The Kier molecular flexibility index (Phi) is 8.43. The molecule has 1 aromatic carbocycles. The van der Waals surface area contributed by atoms with E-state index in [1.807, 2.05) is 22.8 Å². The number of hydrogen-bond acceptors (Lipinski definition) is 7. The standard InChI is InChI=1S/C15H19ClN2OS.C7H9N5O/c1-3-12-10-11-6-5-7-13(16)14(11)15(19)18(12)9-8-17-20-4-2;8-5-4(6(9)13)7-10-2-1-3-12(7)11-5/h5-7,10,17H,3-4,8-9H2,1-2H3;1,3,10H,2H2,(H2,8,11)(H2,9,13). The van der Waals surface area contributed by atoms with Crippen molar-refractivity contribution < 1.29 is 4.79 Å². The quantitative estimate of drug-likeness (QED) is 0.296. The highest BCUT2D eigenvalue weighted by Crippen LogP contribution is 2.23. The zero-order valence-electron chi connectivity index (χ0n) is 18.6. The van der Waals surface area contributed by atoms with Crippen molar-refractivity contribution in [3.8, 4) is 0 Å². The summed E-state index contributed by atoms with van der Waals surface area (Å²) in [5.74, 6) is 1.16. The third-order valence-electron chi connectivity index (χ3n) is 5.04. The first kappa shape index (κ1) is 24.7. The summed E-state index contributed by atoms with van der Waals surface area (Å²) in [6, 6.07) is 7.66. The number of carbonyl (C=O) groups is 1. The summed E-state index contributed by atoms with van der Waals surface area (Å²) in [5, 5.41) is 8.95. The van der Waals surface area contributed by atoms with Gasteiger partial charge in [0, 0.05) is 37.3 Å². The van der Waals surface area contributed by atoms with Gasteiger partial charge in [0.2, 0.25) is 0 Å². The molecule has 0 saturated heterocycles. The number of primary amides is 1. The smallest absolute Gasteiger partial charge is 0.260 e. The number of anilines is 2. The topological polar surface area (TPSA) is 133 Å². The minimum Gasteiger partial charge on any atom is -0.381 e. The summed E-state index contributed by atoms with van der Waals surface area (Å²) in [6.07, 6.45) is 4.43. The number of carbonyl (C=O) groups excluding carboxylic acids is 1. The molecule has 1 amide bonds. The van der Waals surface area contributed by atoms with E-state index in [1.54, 1.807) is 24.2 Å². The molecule has 0 bridgehead atoms. The molecular formula is C22H28ClN7O2S. The minimum atomic E-state index is -0.568. The van der Waals surface area contributed by atoms with E-state index >= 15 is 0 Å². The van der Waals surface area contributed by atoms with Crippen molar-refractivity contribution >= 4 is 58.1 Å². The van der Waals surface area contributed by atoms with Crippen LogP contribution in [0.5, 0.6) is 0 Å². The van der Waals surface area contributed by atoms with Crippen LogP contribution in [0, 0.1) is 0 Å². The van der Waals surface area contributed by atoms with Crippen LogP contribution in [0.2, 0.25) is 5.02 Å². The van der Waals surface area contributed by atoms with Crippen molar-refractivity contribution in [3.63, 3.8) is 0 Å². The second kappa shape index (κ2) is 11.3. The molecule has 0 aliphatic carbocycles. The number of rotatable bonds is 7. The fourth-order valence-corrected chi connectivity index (χ4v) is 4.26. The van der Waals surface area contributed by atoms with Gasteiger partial charge in [-0.15, -0.1) is 5.10 Å². The molecule has 11 heteroatoms. The van der Waals surface area contributed by atoms with Crippen LogP contribution in [0.25, 0.3) is 17.0 Å². The minimum absolute atomic E-state index is 0.00764. The van der Waals surface area contributed by atoms with Gasteiger partial charge in [0.25, 0.3) is 11.5 Å². The molecule has 0 saturated carbocycles. The Hall–Kier alpha value is -2.95. The lowest BCUT2D eigenvalue weighted by Crippen LogP contribution is -2.27. The van der Waals surface area contributed by atoms with Crippen molar-refractivity contribution in [1.29, 1.82) is 0 Å². The first-order chi connectivity index (χ1) is 15.9. The van der Waals surface area contributed by atoms with Crippen molar-refractivity contribution in [1.82, 2.24) is 19.1 Å². The predicted molar refractivity (Wildman–Crippen MR) is 138 cm³/mol. The Morgan fingerprint density at radius 2 is 2.15 bits per heavy atom. The highest BCUT2D eigenvalue weighted by atomic mass is 35.5. The molecule has 3 heterocycles. The van der Waals surface area contributed by atoms with Gasteiger partial charge in [-0.05, 0) is 30.0 Å². The van der Waals surface area contributed by atoms with E-state index in [2.05, 4.69) is 35.1 Å². The molecule has 0 radical (unpaired) electrons. The zero-order chi connectivity index (χ0) is 24.0. The molecule has 0 atom stereocenters. The SMILES string of the molecule is CCSNCCn1c(CC)cc2cccc(Cl)c2c1=O.NC(=O)c1c(N)nn2c1NCC=C2. The molecule has 2 aromatic heterocycles. The summed E-state index contributed by atoms with van der Waals surface area (Å²) in [4.78, 5) is 23.6. The first-order valence-corrected chi connectivity index (χ1v) is 12.0. The average molecular weight is 490 g/mol. The third-order valence-corrected chi connectivity index (χ3v) is 6.05. The Bertz CT molecular complexity index is 1240. The van der Waals surface area contributed by atoms with Gasteiger partial charge < -0.3 is 21.4 Å². The second-order valence-electron chi connectivity index (χ2n) is 7.16. The molecule has 0 unspecified atom stereocenters. The van der Waals surface area contributed by atoms with Crippen LogP contribution in [0.1, 0.15) is 29.9 Å². The fraction of sp³-hybridized carbons (Fsp3) is 0.318. The average Bonchev–Trinajstić information content (AvgIpc) is 3.14. The number of amides is 1. The number of pyridine rings is 1. The van der Waals surface area contributed by atoms with E-state index in [4.69, 9.17) is 23.1 Å². The number of nitrogens with two attached hydrogens (primary N) is 2. The van der Waals surface area contributed by atoms with Crippen LogP contribution in [0.4, 0.5) is 11.6 Å². The molecular weight excluding hydrogens is 462 g/mol. The van der Waals surface area contributed by atoms with Crippen LogP contribution in [-0.2, 0) is 13.0 Å². The lowest BCUT2D eigenvalue weighted by atomic mass is 10.1. The molecule has 1 aliphatic rings. The van der Waals surface area contributed by atoms with Gasteiger partial charge in [-0.25, -0.2) is 4.68 Å². The van der Waals surface area contributed by atoms with Crippen LogP contribution >= 0.6 is 23.5 Å². The number of hydrogen-bond donors (Lipinski definition) is 4. The number of nitrogens with zero attached hydrogens (tertiary/aromatic N) is 3. The van der Waals surface area contributed by atoms with Gasteiger partial charge in [0.1, 0.15) is 11.4 Å². The Labute approximate surface area is 201 Å². The second-order valence-corrected chi connectivity index (χ2v) is 8.72. The lowest BCUT2D eigenvalue weighted by Gasteiger charge is -2.14. The van der Waals surface area contributed by atoms with Crippen LogP contribution in [0.3, 0.4) is 0 Å². The van der Waals surface area contributed by atoms with Gasteiger partial charge in [-0.2, -0.15) is 0 Å². The van der Waals surface area contributed by atoms with E-state index in [9.17, 15) is 9.59 Å². The summed E-state index contributed by atoms with van der Waals surface area (Å²) < 4.78 is 6.58. The van der Waals surface area contributed by atoms with Gasteiger partial charge >= 0.3 is 0 Å². The van der Waals surface area contributed by atoms with Gasteiger partial charge in [0.15, 0.2) is 5.82 Å². The summed E-state index contributed by atoms with van der Waals surface area (Å²) in [7, 11) is 0. The van der Waals surface area contributed by atoms with E-state index < -0.39 is 5.91 Å². The number of aromatic nitrogens is 3. The van der Waals surface area contributed by atoms with Crippen LogP contribution in [0.15, 0.2) is 35.1 Å². The van der Waals surface area contributed by atoms with Gasteiger partial charge in [-0.3, -0.25) is 14.3 Å². The van der Waals surface area contributed by atoms with Crippen molar-refractivity contribution in [2.24, 2.45) is 5.73 Å². The number of fused-ring (bicyclic) bond motifs is 2. The monoisotopic (exact) mass is 489 g/mol. The van der Waals surface area contributed by atoms with Gasteiger partial charge in [-0.1, -0.05) is 49.5 Å². The van der Waals surface area contributed by atoms with E-state index in [0.29, 0.717) is 29.3 Å². The van der Waals surface area contributed by atoms with Gasteiger partial charge in [0.05, 0.1) is 10.4 Å². The molecule has 6 N–H and O–H groups in total. The maximum absolute atomic E-state index is 12.6. The maximum atomic E-state index is 12.6. The first-order valence-electron chi connectivity index (χ1n) is 10.6.